The molecule has 1 amide bonds. The number of rotatable bonds is 39. The number of hydrogen-bond acceptors (Lipinski definition) is 5. The second kappa shape index (κ2) is 35.7. The molecule has 3 unspecified atom stereocenters. The van der Waals surface area contributed by atoms with Gasteiger partial charge < -0.3 is 19.8 Å². The van der Waals surface area contributed by atoms with E-state index in [0.29, 0.717) is 17.4 Å². The quantitative estimate of drug-likeness (QED) is 0.0250. The second-order valence-electron chi connectivity index (χ2n) is 16.1. The highest BCUT2D eigenvalue weighted by Crippen LogP contribution is 2.43. The lowest BCUT2D eigenvalue weighted by molar-refractivity contribution is -0.870. The molecular weight excluding hydrogens is 671 g/mol. The first-order chi connectivity index (χ1) is 25.0. The Bertz CT molecular complexity index is 907. The number of amides is 1. The minimum absolute atomic E-state index is 0.0579. The van der Waals surface area contributed by atoms with Gasteiger partial charge in [-0.3, -0.25) is 13.8 Å². The van der Waals surface area contributed by atoms with Crippen molar-refractivity contribution in [2.45, 2.75) is 206 Å². The lowest BCUT2D eigenvalue weighted by Crippen LogP contribution is -2.45. The van der Waals surface area contributed by atoms with Crippen LogP contribution in [0.2, 0.25) is 0 Å². The Morgan fingerprint density at radius 3 is 1.54 bits per heavy atom. The molecule has 8 nitrogen and oxygen atoms in total. The molecule has 0 fully saturated rings. The number of hydrogen-bond donors (Lipinski definition) is 3. The number of aliphatic hydroxyl groups is 1. The summed E-state index contributed by atoms with van der Waals surface area (Å²) in [6.07, 6.45) is 41.1. The van der Waals surface area contributed by atoms with E-state index in [-0.39, 0.29) is 19.1 Å². The molecule has 0 aliphatic heterocycles. The molecule has 0 spiro atoms. The number of aliphatic hydroxyl groups excluding tert-OH is 1. The van der Waals surface area contributed by atoms with E-state index in [0.717, 1.165) is 38.5 Å². The topological polar surface area (TPSA) is 105 Å². The van der Waals surface area contributed by atoms with Crippen molar-refractivity contribution in [1.29, 1.82) is 0 Å². The summed E-state index contributed by atoms with van der Waals surface area (Å²) in [5.41, 5.74) is 0. The summed E-state index contributed by atoms with van der Waals surface area (Å²) in [7, 11) is 1.56. The van der Waals surface area contributed by atoms with Crippen molar-refractivity contribution in [3.63, 3.8) is 0 Å². The molecule has 9 heteroatoms. The van der Waals surface area contributed by atoms with Crippen LogP contribution in [0, 0.1) is 0 Å². The van der Waals surface area contributed by atoms with Crippen LogP contribution in [0.3, 0.4) is 0 Å². The van der Waals surface area contributed by atoms with Gasteiger partial charge in [-0.05, 0) is 32.1 Å². The van der Waals surface area contributed by atoms with Crippen molar-refractivity contribution >= 4 is 13.7 Å². The van der Waals surface area contributed by atoms with Gasteiger partial charge in [0.1, 0.15) is 13.2 Å². The van der Waals surface area contributed by atoms with Gasteiger partial charge in [0, 0.05) is 6.42 Å². The number of carbonyl (C=O) groups excluding carboxylic acids is 1. The van der Waals surface area contributed by atoms with Gasteiger partial charge in [0.25, 0.3) is 0 Å². The third-order valence-corrected chi connectivity index (χ3v) is 10.7. The van der Waals surface area contributed by atoms with E-state index in [1.807, 2.05) is 27.2 Å². The molecule has 308 valence electrons. The first kappa shape index (κ1) is 51.0. The molecule has 0 aromatic carbocycles. The van der Waals surface area contributed by atoms with E-state index >= 15 is 0 Å². The second-order valence-corrected chi connectivity index (χ2v) is 17.5. The Morgan fingerprint density at radius 1 is 0.635 bits per heavy atom. The summed E-state index contributed by atoms with van der Waals surface area (Å²) < 4.78 is 23.5. The molecule has 0 saturated carbocycles. The third-order valence-electron chi connectivity index (χ3n) is 9.67. The number of phosphoric ester groups is 1. The van der Waals surface area contributed by atoms with Crippen molar-refractivity contribution < 1.29 is 32.9 Å². The average molecular weight is 758 g/mol. The Kier molecular flexibility index (Phi) is 35.0. The molecule has 0 rings (SSSR count). The highest BCUT2D eigenvalue weighted by molar-refractivity contribution is 7.47. The molecule has 3 atom stereocenters. The third kappa shape index (κ3) is 37.3. The minimum Gasteiger partial charge on any atom is -0.387 e. The molecule has 0 radical (unpaired) electrons. The van der Waals surface area contributed by atoms with Crippen LogP contribution in [0.15, 0.2) is 24.3 Å². The average Bonchev–Trinajstić information content (AvgIpc) is 3.09. The van der Waals surface area contributed by atoms with E-state index in [4.69, 9.17) is 9.05 Å². The maximum atomic E-state index is 12.8. The highest BCUT2D eigenvalue weighted by atomic mass is 31.2. The van der Waals surface area contributed by atoms with Crippen molar-refractivity contribution in [2.75, 3.05) is 40.9 Å². The largest absolute Gasteiger partial charge is 0.472 e. The van der Waals surface area contributed by atoms with Gasteiger partial charge in [-0.15, -0.1) is 0 Å². The zero-order valence-corrected chi connectivity index (χ0v) is 35.7. The van der Waals surface area contributed by atoms with Crippen molar-refractivity contribution in [3.05, 3.63) is 24.3 Å². The smallest absolute Gasteiger partial charge is 0.387 e. The molecule has 0 aliphatic carbocycles. The summed E-state index contributed by atoms with van der Waals surface area (Å²) in [6.45, 7) is 4.76. The SMILES string of the molecule is CCCCCC/C=C/CC/C=C/C(O)C(COP(=O)(O)OCC[N+](C)(C)C)NC(=O)CCCCCCCCCCCCCCCCCCCCCC. The lowest BCUT2D eigenvalue weighted by atomic mass is 10.0. The van der Waals surface area contributed by atoms with Crippen LogP contribution in [-0.2, 0) is 18.4 Å². The number of unbranched alkanes of at least 4 members (excludes halogenated alkanes) is 24. The summed E-state index contributed by atoms with van der Waals surface area (Å²) in [6, 6.07) is -0.856. The van der Waals surface area contributed by atoms with Gasteiger partial charge in [-0.2, -0.15) is 0 Å². The molecule has 0 aromatic heterocycles. The normalized spacial score (nSPS) is 14.7. The molecule has 0 aliphatic rings. The number of likely N-dealkylation sites (N-methyl/N-ethyl adjacent to an activating group) is 1. The number of phosphoric acid groups is 1. The maximum Gasteiger partial charge on any atom is 0.472 e. The van der Waals surface area contributed by atoms with Crippen LogP contribution in [0.25, 0.3) is 0 Å². The Balaban J connectivity index is 4.30. The van der Waals surface area contributed by atoms with Gasteiger partial charge in [0.15, 0.2) is 0 Å². The van der Waals surface area contributed by atoms with Crippen LogP contribution in [0.5, 0.6) is 0 Å². The molecular formula is C43H86N2O6P+. The molecule has 0 bridgehead atoms. The zero-order chi connectivity index (χ0) is 38.6. The fourth-order valence-electron chi connectivity index (χ4n) is 6.17. The first-order valence-electron chi connectivity index (χ1n) is 21.7. The van der Waals surface area contributed by atoms with Crippen LogP contribution in [0.4, 0.5) is 0 Å². The number of carbonyl (C=O) groups is 1. The van der Waals surface area contributed by atoms with E-state index in [1.165, 1.54) is 135 Å². The molecule has 3 N–H and O–H groups in total. The lowest BCUT2D eigenvalue weighted by Gasteiger charge is -2.25. The summed E-state index contributed by atoms with van der Waals surface area (Å²) in [4.78, 5) is 23.0. The Labute approximate surface area is 322 Å². The number of allylic oxidation sites excluding steroid dienone is 3. The summed E-state index contributed by atoms with van der Waals surface area (Å²) in [5.74, 6) is -0.187. The molecule has 0 saturated heterocycles. The predicted octanol–water partition coefficient (Wildman–Crippen LogP) is 11.7. The van der Waals surface area contributed by atoms with Crippen molar-refractivity contribution in [1.82, 2.24) is 5.32 Å². The summed E-state index contributed by atoms with van der Waals surface area (Å²) >= 11 is 0. The molecule has 52 heavy (non-hydrogen) atoms. The van der Waals surface area contributed by atoms with Gasteiger partial charge in [0.2, 0.25) is 5.91 Å². The van der Waals surface area contributed by atoms with Gasteiger partial charge >= 0.3 is 7.82 Å². The van der Waals surface area contributed by atoms with Crippen molar-refractivity contribution in [2.24, 2.45) is 0 Å². The minimum atomic E-state index is -4.33. The van der Waals surface area contributed by atoms with E-state index < -0.39 is 20.0 Å². The molecule has 0 aromatic rings. The number of quaternary nitrogens is 1. The maximum absolute atomic E-state index is 12.8. The fourth-order valence-corrected chi connectivity index (χ4v) is 6.91. The van der Waals surface area contributed by atoms with Crippen LogP contribution in [0.1, 0.15) is 194 Å². The molecule has 0 heterocycles. The van der Waals surface area contributed by atoms with Gasteiger partial charge in [-0.1, -0.05) is 179 Å². The Hall–Kier alpha value is -1.02. The van der Waals surface area contributed by atoms with E-state index in [9.17, 15) is 19.4 Å². The van der Waals surface area contributed by atoms with E-state index in [2.05, 4.69) is 31.3 Å². The van der Waals surface area contributed by atoms with Crippen LogP contribution < -0.4 is 5.32 Å². The highest BCUT2D eigenvalue weighted by Gasteiger charge is 2.27. The van der Waals surface area contributed by atoms with Crippen LogP contribution >= 0.6 is 7.82 Å². The zero-order valence-electron chi connectivity index (χ0n) is 34.8. The monoisotopic (exact) mass is 758 g/mol. The van der Waals surface area contributed by atoms with E-state index in [1.54, 1.807) is 6.08 Å². The summed E-state index contributed by atoms with van der Waals surface area (Å²) in [5, 5.41) is 13.7. The number of nitrogens with one attached hydrogen (secondary N) is 1. The van der Waals surface area contributed by atoms with Gasteiger partial charge in [0.05, 0.1) is 39.9 Å². The van der Waals surface area contributed by atoms with Crippen molar-refractivity contribution in [3.8, 4) is 0 Å². The first-order valence-corrected chi connectivity index (χ1v) is 23.2. The number of nitrogens with zero attached hydrogens (tertiary/aromatic N) is 1. The fraction of sp³-hybridized carbons (Fsp3) is 0.884. The predicted molar refractivity (Wildman–Crippen MR) is 221 cm³/mol. The Morgan fingerprint density at radius 2 is 1.06 bits per heavy atom. The van der Waals surface area contributed by atoms with Crippen LogP contribution in [-0.4, -0.2) is 73.4 Å². The van der Waals surface area contributed by atoms with Gasteiger partial charge in [-0.25, -0.2) is 4.57 Å². The standard InChI is InChI=1S/C43H85N2O6P/c1-6-8-10-12-14-16-18-19-20-21-22-23-24-25-26-27-29-31-33-35-37-43(47)44-41(40-51-52(48,49)50-39-38-45(3,4)5)42(46)36-34-32-30-28-17-15-13-11-9-7-2/h17,28,34,36,41-42,46H,6-16,18-27,29-33,35,37-40H2,1-5H3,(H-,44,47,48,49)/p+1/b28-17+,36-34+.